The number of rotatable bonds is 8. The number of hydrogen-bond acceptors (Lipinski definition) is 6. The van der Waals surface area contributed by atoms with E-state index in [1.165, 1.54) is 12.1 Å². The van der Waals surface area contributed by atoms with Gasteiger partial charge in [-0.3, -0.25) is 10.1 Å². The molecule has 0 atom stereocenters. The number of aromatic nitrogens is 1. The highest BCUT2D eigenvalue weighted by Crippen LogP contribution is 2.20. The Morgan fingerprint density at radius 2 is 1.95 bits per heavy atom. The number of pyridine rings is 1. The van der Waals surface area contributed by atoms with E-state index in [0.29, 0.717) is 30.8 Å². The average molecular weight is 281 g/mol. The second kappa shape index (κ2) is 7.64. The van der Waals surface area contributed by atoms with E-state index < -0.39 is 4.92 Å². The Balaban J connectivity index is 2.70. The Hall–Kier alpha value is -1.89. The Kier molecular flexibility index (Phi) is 6.17. The third-order valence-corrected chi connectivity index (χ3v) is 3.03. The Bertz CT molecular complexity index is 450. The summed E-state index contributed by atoms with van der Waals surface area (Å²) >= 11 is 0. The molecule has 0 aliphatic heterocycles. The first-order chi connectivity index (χ1) is 9.43. The molecule has 0 saturated carbocycles. The molecule has 20 heavy (non-hydrogen) atoms. The summed E-state index contributed by atoms with van der Waals surface area (Å²) in [4.78, 5) is 17.0. The van der Waals surface area contributed by atoms with E-state index in [2.05, 4.69) is 34.4 Å². The van der Waals surface area contributed by atoms with Gasteiger partial charge in [0.25, 0.3) is 5.69 Å². The molecule has 2 N–H and O–H groups in total. The number of nitrogens with one attached hydrogen (secondary N) is 2. The van der Waals surface area contributed by atoms with Crippen molar-refractivity contribution in [2.24, 2.45) is 0 Å². The molecular weight excluding hydrogens is 258 g/mol. The van der Waals surface area contributed by atoms with Crippen LogP contribution in [0.2, 0.25) is 0 Å². The molecule has 0 saturated heterocycles. The fourth-order valence-electron chi connectivity index (χ4n) is 1.60. The van der Waals surface area contributed by atoms with Gasteiger partial charge < -0.3 is 15.5 Å². The van der Waals surface area contributed by atoms with Gasteiger partial charge >= 0.3 is 0 Å². The van der Waals surface area contributed by atoms with Crippen LogP contribution in [-0.2, 0) is 0 Å². The Morgan fingerprint density at radius 1 is 1.35 bits per heavy atom. The molecule has 0 bridgehead atoms. The van der Waals surface area contributed by atoms with Crippen molar-refractivity contribution in [2.45, 2.75) is 26.8 Å². The van der Waals surface area contributed by atoms with Crippen LogP contribution >= 0.6 is 0 Å². The lowest BCUT2D eigenvalue weighted by Gasteiger charge is -2.21. The van der Waals surface area contributed by atoms with Crippen molar-refractivity contribution < 1.29 is 4.92 Å². The minimum absolute atomic E-state index is 0.0377. The minimum atomic E-state index is -0.409. The molecule has 112 valence electrons. The monoisotopic (exact) mass is 281 g/mol. The summed E-state index contributed by atoms with van der Waals surface area (Å²) in [6.45, 7) is 8.37. The summed E-state index contributed by atoms with van der Waals surface area (Å²) in [5, 5.41) is 17.0. The zero-order valence-corrected chi connectivity index (χ0v) is 12.5. The van der Waals surface area contributed by atoms with Crippen LogP contribution in [0.15, 0.2) is 12.1 Å². The van der Waals surface area contributed by atoms with Crippen molar-refractivity contribution in [1.29, 1.82) is 0 Å². The topological polar surface area (TPSA) is 83.3 Å². The van der Waals surface area contributed by atoms with Crippen molar-refractivity contribution in [2.75, 3.05) is 37.3 Å². The van der Waals surface area contributed by atoms with Crippen LogP contribution in [0.4, 0.5) is 17.3 Å². The second-order valence-electron chi connectivity index (χ2n) is 4.88. The molecule has 0 amide bonds. The molecule has 0 radical (unpaired) electrons. The summed E-state index contributed by atoms with van der Waals surface area (Å²) in [5.41, 5.74) is 0.0377. The number of nitro groups is 1. The van der Waals surface area contributed by atoms with Gasteiger partial charge in [0.05, 0.1) is 17.1 Å². The Labute approximate surface area is 119 Å². The Morgan fingerprint density at radius 3 is 2.45 bits per heavy atom. The van der Waals surface area contributed by atoms with Crippen LogP contribution in [0, 0.1) is 10.1 Å². The number of likely N-dealkylation sites (N-methyl/N-ethyl adjacent to an activating group) is 1. The molecule has 7 heteroatoms. The minimum Gasteiger partial charge on any atom is -0.370 e. The second-order valence-corrected chi connectivity index (χ2v) is 4.88. The van der Waals surface area contributed by atoms with Crippen molar-refractivity contribution in [3.05, 3.63) is 22.2 Å². The SMILES string of the molecule is CCNc1cc([N+](=O)[O-])cc(NCCN(C)C(C)C)n1. The van der Waals surface area contributed by atoms with Gasteiger partial charge in [-0.1, -0.05) is 0 Å². The smallest absolute Gasteiger partial charge is 0.276 e. The van der Waals surface area contributed by atoms with Crippen LogP contribution < -0.4 is 10.6 Å². The van der Waals surface area contributed by atoms with Gasteiger partial charge in [-0.25, -0.2) is 4.98 Å². The zero-order valence-electron chi connectivity index (χ0n) is 12.5. The molecule has 1 heterocycles. The zero-order chi connectivity index (χ0) is 15.1. The standard InChI is InChI=1S/C13H23N5O2/c1-5-14-12-8-11(18(19)20)9-13(16-12)15-6-7-17(4)10(2)3/h8-10H,5-7H2,1-4H3,(H2,14,15,16). The highest BCUT2D eigenvalue weighted by molar-refractivity contribution is 5.54. The van der Waals surface area contributed by atoms with Gasteiger partial charge in [0.1, 0.15) is 11.6 Å². The quantitative estimate of drug-likeness (QED) is 0.561. The first-order valence-electron chi connectivity index (χ1n) is 6.78. The molecule has 0 spiro atoms. The van der Waals surface area contributed by atoms with Crippen molar-refractivity contribution in [3.63, 3.8) is 0 Å². The number of anilines is 2. The van der Waals surface area contributed by atoms with E-state index in [-0.39, 0.29) is 5.69 Å². The molecule has 7 nitrogen and oxygen atoms in total. The summed E-state index contributed by atoms with van der Waals surface area (Å²) in [6.07, 6.45) is 0. The molecular formula is C13H23N5O2. The maximum absolute atomic E-state index is 10.9. The molecule has 1 aromatic heterocycles. The van der Waals surface area contributed by atoms with E-state index >= 15 is 0 Å². The lowest BCUT2D eigenvalue weighted by molar-refractivity contribution is -0.384. The van der Waals surface area contributed by atoms with Crippen molar-refractivity contribution in [3.8, 4) is 0 Å². The molecule has 0 fully saturated rings. The van der Waals surface area contributed by atoms with Crippen LogP contribution in [0.1, 0.15) is 20.8 Å². The van der Waals surface area contributed by atoms with Gasteiger partial charge in [-0.05, 0) is 27.8 Å². The summed E-state index contributed by atoms with van der Waals surface area (Å²) in [7, 11) is 2.04. The predicted molar refractivity (Wildman–Crippen MR) is 81.3 cm³/mol. The van der Waals surface area contributed by atoms with E-state index in [1.807, 2.05) is 14.0 Å². The van der Waals surface area contributed by atoms with E-state index in [1.54, 1.807) is 0 Å². The molecule has 0 aliphatic carbocycles. The first-order valence-corrected chi connectivity index (χ1v) is 6.78. The fourth-order valence-corrected chi connectivity index (χ4v) is 1.60. The highest BCUT2D eigenvalue weighted by atomic mass is 16.6. The van der Waals surface area contributed by atoms with Crippen LogP contribution in [0.5, 0.6) is 0 Å². The van der Waals surface area contributed by atoms with E-state index in [4.69, 9.17) is 0 Å². The number of nitrogens with zero attached hydrogens (tertiary/aromatic N) is 3. The molecule has 1 aromatic rings. The van der Waals surface area contributed by atoms with Gasteiger partial charge in [0, 0.05) is 25.7 Å². The van der Waals surface area contributed by atoms with Crippen LogP contribution in [0.25, 0.3) is 0 Å². The van der Waals surface area contributed by atoms with Gasteiger partial charge in [0.15, 0.2) is 0 Å². The predicted octanol–water partition coefficient (Wildman–Crippen LogP) is 2.17. The molecule has 0 aliphatic rings. The first kappa shape index (κ1) is 16.2. The summed E-state index contributed by atoms with van der Waals surface area (Å²) < 4.78 is 0. The van der Waals surface area contributed by atoms with E-state index in [9.17, 15) is 10.1 Å². The van der Waals surface area contributed by atoms with Crippen LogP contribution in [0.3, 0.4) is 0 Å². The molecule has 0 unspecified atom stereocenters. The van der Waals surface area contributed by atoms with E-state index in [0.717, 1.165) is 6.54 Å². The summed E-state index contributed by atoms with van der Waals surface area (Å²) in [5.74, 6) is 1.04. The van der Waals surface area contributed by atoms with Gasteiger partial charge in [-0.2, -0.15) is 0 Å². The normalized spacial score (nSPS) is 10.9. The third kappa shape index (κ3) is 5.00. The lowest BCUT2D eigenvalue weighted by Crippen LogP contribution is -2.31. The summed E-state index contributed by atoms with van der Waals surface area (Å²) in [6, 6.07) is 3.36. The third-order valence-electron chi connectivity index (χ3n) is 3.03. The maximum Gasteiger partial charge on any atom is 0.276 e. The largest absolute Gasteiger partial charge is 0.370 e. The highest BCUT2D eigenvalue weighted by Gasteiger charge is 2.11. The lowest BCUT2D eigenvalue weighted by atomic mass is 10.3. The van der Waals surface area contributed by atoms with Gasteiger partial charge in [0.2, 0.25) is 0 Å². The van der Waals surface area contributed by atoms with Crippen LogP contribution in [-0.4, -0.2) is 47.5 Å². The van der Waals surface area contributed by atoms with Gasteiger partial charge in [-0.15, -0.1) is 0 Å². The average Bonchev–Trinajstić information content (AvgIpc) is 2.38. The fraction of sp³-hybridized carbons (Fsp3) is 0.615. The maximum atomic E-state index is 10.9. The molecule has 1 rings (SSSR count). The van der Waals surface area contributed by atoms with Crippen molar-refractivity contribution >= 4 is 17.3 Å². The number of hydrogen-bond donors (Lipinski definition) is 2. The van der Waals surface area contributed by atoms with Crippen molar-refractivity contribution in [1.82, 2.24) is 9.88 Å². The molecule has 0 aromatic carbocycles.